The summed E-state index contributed by atoms with van der Waals surface area (Å²) in [4.78, 5) is 0. The lowest BCUT2D eigenvalue weighted by Crippen LogP contribution is -1.88. The lowest BCUT2D eigenvalue weighted by atomic mass is 9.91. The second kappa shape index (κ2) is 5.22. The molecule has 0 heterocycles. The lowest BCUT2D eigenvalue weighted by Gasteiger charge is -2.14. The molecule has 20 heavy (non-hydrogen) atoms. The minimum Gasteiger partial charge on any atom is -0.507 e. The fraction of sp³-hybridized carbons (Fsp3) is 0.0526. The fourth-order valence-electron chi connectivity index (χ4n) is 2.55. The number of aromatic hydroxyl groups is 1. The maximum atomic E-state index is 10.3. The minimum atomic E-state index is 0.317. The molecule has 3 rings (SSSR count). The van der Waals surface area contributed by atoms with Gasteiger partial charge in [-0.05, 0) is 35.2 Å². The van der Waals surface area contributed by atoms with E-state index in [9.17, 15) is 5.11 Å². The summed E-state index contributed by atoms with van der Waals surface area (Å²) in [5, 5.41) is 10.3. The van der Waals surface area contributed by atoms with Gasteiger partial charge in [-0.1, -0.05) is 66.7 Å². The van der Waals surface area contributed by atoms with Crippen LogP contribution in [-0.2, 0) is 0 Å². The highest BCUT2D eigenvalue weighted by atomic mass is 16.3. The Bertz CT molecular complexity index is 730. The molecule has 0 aliphatic heterocycles. The van der Waals surface area contributed by atoms with Gasteiger partial charge in [-0.25, -0.2) is 0 Å². The highest BCUT2D eigenvalue weighted by Crippen LogP contribution is 2.39. The topological polar surface area (TPSA) is 20.2 Å². The van der Waals surface area contributed by atoms with Crippen LogP contribution in [0.1, 0.15) is 5.56 Å². The van der Waals surface area contributed by atoms with E-state index in [0.29, 0.717) is 5.75 Å². The third-order valence-electron chi connectivity index (χ3n) is 3.54. The van der Waals surface area contributed by atoms with E-state index in [1.807, 2.05) is 48.5 Å². The Hall–Kier alpha value is -2.54. The van der Waals surface area contributed by atoms with Gasteiger partial charge in [0.15, 0.2) is 0 Å². The van der Waals surface area contributed by atoms with E-state index >= 15 is 0 Å². The number of hydrogen-bond donors (Lipinski definition) is 1. The van der Waals surface area contributed by atoms with Crippen molar-refractivity contribution in [2.24, 2.45) is 0 Å². The van der Waals surface area contributed by atoms with Crippen molar-refractivity contribution in [3.05, 3.63) is 78.4 Å². The molecule has 1 N–H and O–H groups in total. The molecule has 0 aliphatic rings. The smallest absolute Gasteiger partial charge is 0.124 e. The van der Waals surface area contributed by atoms with Crippen molar-refractivity contribution in [1.29, 1.82) is 0 Å². The van der Waals surface area contributed by atoms with E-state index in [1.165, 1.54) is 5.56 Å². The second-order valence-electron chi connectivity index (χ2n) is 4.88. The molecule has 0 fully saturated rings. The molecule has 0 saturated carbocycles. The molecule has 98 valence electrons. The van der Waals surface area contributed by atoms with E-state index < -0.39 is 0 Å². The van der Waals surface area contributed by atoms with Gasteiger partial charge in [0.2, 0.25) is 0 Å². The van der Waals surface area contributed by atoms with Gasteiger partial charge in [-0.3, -0.25) is 0 Å². The first-order chi connectivity index (χ1) is 9.77. The van der Waals surface area contributed by atoms with Gasteiger partial charge in [0.25, 0.3) is 0 Å². The Morgan fingerprint density at radius 2 is 1.30 bits per heavy atom. The van der Waals surface area contributed by atoms with Crippen molar-refractivity contribution in [3.63, 3.8) is 0 Å². The van der Waals surface area contributed by atoms with Gasteiger partial charge in [0.1, 0.15) is 5.75 Å². The normalized spacial score (nSPS) is 10.4. The van der Waals surface area contributed by atoms with Crippen LogP contribution in [0.25, 0.3) is 22.3 Å². The van der Waals surface area contributed by atoms with Gasteiger partial charge in [0, 0.05) is 5.56 Å². The Kier molecular flexibility index (Phi) is 3.26. The highest BCUT2D eigenvalue weighted by molar-refractivity contribution is 5.88. The SMILES string of the molecule is Cc1ccccc1-c1cccc(O)c1-c1ccccc1. The molecule has 0 radical (unpaired) electrons. The van der Waals surface area contributed by atoms with E-state index in [2.05, 4.69) is 25.1 Å². The Morgan fingerprint density at radius 1 is 0.650 bits per heavy atom. The maximum Gasteiger partial charge on any atom is 0.124 e. The van der Waals surface area contributed by atoms with Crippen molar-refractivity contribution in [3.8, 4) is 28.0 Å². The summed E-state index contributed by atoms with van der Waals surface area (Å²) in [5.74, 6) is 0.317. The highest BCUT2D eigenvalue weighted by Gasteiger charge is 2.12. The van der Waals surface area contributed by atoms with Crippen LogP contribution in [0.3, 0.4) is 0 Å². The Balaban J connectivity index is 2.28. The first-order valence-electron chi connectivity index (χ1n) is 6.71. The second-order valence-corrected chi connectivity index (χ2v) is 4.88. The number of phenols is 1. The summed E-state index contributed by atoms with van der Waals surface area (Å²) in [6.07, 6.45) is 0. The van der Waals surface area contributed by atoms with Gasteiger partial charge in [0.05, 0.1) is 0 Å². The standard InChI is InChI=1S/C19H16O/c1-14-8-5-6-11-16(14)17-12-7-13-18(20)19(17)15-9-3-2-4-10-15/h2-13,20H,1H3. The number of aryl methyl sites for hydroxylation is 1. The van der Waals surface area contributed by atoms with Crippen LogP contribution >= 0.6 is 0 Å². The fourth-order valence-corrected chi connectivity index (χ4v) is 2.55. The van der Waals surface area contributed by atoms with Crippen LogP contribution in [0.5, 0.6) is 5.75 Å². The third kappa shape index (κ3) is 2.19. The van der Waals surface area contributed by atoms with E-state index in [-0.39, 0.29) is 0 Å². The number of benzene rings is 3. The van der Waals surface area contributed by atoms with Crippen LogP contribution in [0, 0.1) is 6.92 Å². The first-order valence-corrected chi connectivity index (χ1v) is 6.71. The minimum absolute atomic E-state index is 0.317. The third-order valence-corrected chi connectivity index (χ3v) is 3.54. The predicted molar refractivity (Wildman–Crippen MR) is 83.7 cm³/mol. The van der Waals surface area contributed by atoms with Crippen molar-refractivity contribution in [2.75, 3.05) is 0 Å². The molecule has 3 aromatic rings. The molecule has 3 aromatic carbocycles. The quantitative estimate of drug-likeness (QED) is 0.684. The summed E-state index contributed by atoms with van der Waals surface area (Å²) in [7, 11) is 0. The largest absolute Gasteiger partial charge is 0.507 e. The summed E-state index contributed by atoms with van der Waals surface area (Å²) in [6.45, 7) is 2.09. The first kappa shape index (κ1) is 12.5. The zero-order valence-electron chi connectivity index (χ0n) is 11.4. The Morgan fingerprint density at radius 3 is 2.05 bits per heavy atom. The number of rotatable bonds is 2. The van der Waals surface area contributed by atoms with Crippen molar-refractivity contribution in [2.45, 2.75) is 6.92 Å². The van der Waals surface area contributed by atoms with E-state index in [4.69, 9.17) is 0 Å². The molecule has 1 heteroatoms. The van der Waals surface area contributed by atoms with Crippen LogP contribution in [0.4, 0.5) is 0 Å². The lowest BCUT2D eigenvalue weighted by molar-refractivity contribution is 0.477. The molecule has 0 unspecified atom stereocenters. The summed E-state index contributed by atoms with van der Waals surface area (Å²) in [5.41, 5.74) is 5.35. The van der Waals surface area contributed by atoms with Crippen molar-refractivity contribution < 1.29 is 5.11 Å². The molecule has 0 saturated heterocycles. The molecular weight excluding hydrogens is 244 g/mol. The zero-order chi connectivity index (χ0) is 13.9. The summed E-state index contributed by atoms with van der Waals surface area (Å²) >= 11 is 0. The van der Waals surface area contributed by atoms with E-state index in [0.717, 1.165) is 22.3 Å². The molecule has 0 spiro atoms. The van der Waals surface area contributed by atoms with Gasteiger partial charge >= 0.3 is 0 Å². The van der Waals surface area contributed by atoms with Crippen molar-refractivity contribution in [1.82, 2.24) is 0 Å². The molecule has 1 nitrogen and oxygen atoms in total. The number of hydrogen-bond acceptors (Lipinski definition) is 1. The average Bonchev–Trinajstić information content (AvgIpc) is 2.48. The van der Waals surface area contributed by atoms with E-state index in [1.54, 1.807) is 6.07 Å². The summed E-state index contributed by atoms with van der Waals surface area (Å²) in [6, 6.07) is 23.9. The van der Waals surface area contributed by atoms with Crippen LogP contribution in [0.15, 0.2) is 72.8 Å². The zero-order valence-corrected chi connectivity index (χ0v) is 11.4. The molecule has 0 aliphatic carbocycles. The van der Waals surface area contributed by atoms with Gasteiger partial charge < -0.3 is 5.11 Å². The van der Waals surface area contributed by atoms with Crippen LogP contribution in [0.2, 0.25) is 0 Å². The molecule has 0 bridgehead atoms. The summed E-state index contributed by atoms with van der Waals surface area (Å²) < 4.78 is 0. The van der Waals surface area contributed by atoms with Gasteiger partial charge in [-0.2, -0.15) is 0 Å². The monoisotopic (exact) mass is 260 g/mol. The molecule has 0 atom stereocenters. The van der Waals surface area contributed by atoms with Crippen LogP contribution < -0.4 is 0 Å². The predicted octanol–water partition coefficient (Wildman–Crippen LogP) is 5.03. The molecule has 0 amide bonds. The average molecular weight is 260 g/mol. The molecule has 0 aromatic heterocycles. The Labute approximate surface area is 119 Å². The molecular formula is C19H16O. The van der Waals surface area contributed by atoms with Crippen molar-refractivity contribution >= 4 is 0 Å². The van der Waals surface area contributed by atoms with Crippen LogP contribution in [-0.4, -0.2) is 5.11 Å². The maximum absolute atomic E-state index is 10.3. The van der Waals surface area contributed by atoms with Gasteiger partial charge in [-0.15, -0.1) is 0 Å². The number of phenolic OH excluding ortho intramolecular Hbond substituents is 1.